The maximum Gasteiger partial charge on any atom is 0.335 e. The Morgan fingerprint density at radius 2 is 2.22 bits per heavy atom. The highest BCUT2D eigenvalue weighted by molar-refractivity contribution is 5.89. The quantitative estimate of drug-likeness (QED) is 0.875. The fourth-order valence-electron chi connectivity index (χ4n) is 2.20. The number of nitrogens with zero attached hydrogens (tertiary/aromatic N) is 3. The molecule has 0 unspecified atom stereocenters. The largest absolute Gasteiger partial charge is 0.478 e. The van der Waals surface area contributed by atoms with Crippen molar-refractivity contribution in [2.45, 2.75) is 25.8 Å². The Bertz CT molecular complexity index is 581. The van der Waals surface area contributed by atoms with Crippen LogP contribution in [-0.4, -0.2) is 25.8 Å². The van der Waals surface area contributed by atoms with Crippen LogP contribution >= 0.6 is 0 Å². The van der Waals surface area contributed by atoms with Gasteiger partial charge < -0.3 is 5.11 Å². The van der Waals surface area contributed by atoms with Crippen molar-refractivity contribution < 1.29 is 9.90 Å². The molecular formula is C13H13N3O2. The van der Waals surface area contributed by atoms with Gasteiger partial charge in [0.25, 0.3) is 0 Å². The molecule has 0 saturated heterocycles. The summed E-state index contributed by atoms with van der Waals surface area (Å²) in [7, 11) is 0. The van der Waals surface area contributed by atoms with Crippen LogP contribution in [0.2, 0.25) is 0 Å². The molecule has 5 nitrogen and oxygen atoms in total. The maximum absolute atomic E-state index is 10.9. The van der Waals surface area contributed by atoms with Crippen LogP contribution < -0.4 is 0 Å². The van der Waals surface area contributed by atoms with Crippen molar-refractivity contribution in [2.75, 3.05) is 0 Å². The lowest BCUT2D eigenvalue weighted by molar-refractivity contribution is 0.0697. The minimum Gasteiger partial charge on any atom is -0.478 e. The topological polar surface area (TPSA) is 68.0 Å². The van der Waals surface area contributed by atoms with Crippen molar-refractivity contribution in [3.05, 3.63) is 35.7 Å². The SMILES string of the molecule is O=C(O)c1cccc(-c2nc3n(n2)CCCC3)c1. The molecule has 0 amide bonds. The van der Waals surface area contributed by atoms with Crippen LogP contribution in [0.5, 0.6) is 0 Å². The predicted molar refractivity (Wildman–Crippen MR) is 65.4 cm³/mol. The molecule has 0 spiro atoms. The minimum absolute atomic E-state index is 0.264. The second-order valence-corrected chi connectivity index (χ2v) is 4.42. The number of benzene rings is 1. The van der Waals surface area contributed by atoms with Crippen molar-refractivity contribution >= 4 is 5.97 Å². The molecule has 1 aromatic heterocycles. The predicted octanol–water partition coefficient (Wildman–Crippen LogP) is 1.98. The standard InChI is InChI=1S/C13H13N3O2/c17-13(18)10-5-3-4-9(8-10)12-14-11-6-1-2-7-16(11)15-12/h3-5,8H,1-2,6-7H2,(H,17,18). The summed E-state index contributed by atoms with van der Waals surface area (Å²) in [4.78, 5) is 15.4. The average Bonchev–Trinajstić information content (AvgIpc) is 2.82. The Morgan fingerprint density at radius 3 is 3.00 bits per heavy atom. The van der Waals surface area contributed by atoms with Crippen molar-refractivity contribution in [2.24, 2.45) is 0 Å². The number of carbonyl (C=O) groups is 1. The van der Waals surface area contributed by atoms with Crippen molar-refractivity contribution in [3.8, 4) is 11.4 Å². The third-order valence-electron chi connectivity index (χ3n) is 3.14. The molecule has 1 aromatic carbocycles. The summed E-state index contributed by atoms with van der Waals surface area (Å²) < 4.78 is 1.92. The van der Waals surface area contributed by atoms with Gasteiger partial charge in [0, 0.05) is 18.5 Å². The van der Waals surface area contributed by atoms with Crippen LogP contribution in [0.15, 0.2) is 24.3 Å². The molecule has 0 saturated carbocycles. The summed E-state index contributed by atoms with van der Waals surface area (Å²) in [5.41, 5.74) is 1.03. The van der Waals surface area contributed by atoms with E-state index in [9.17, 15) is 4.79 Å². The number of carboxylic acids is 1. The van der Waals surface area contributed by atoms with Crippen molar-refractivity contribution in [3.63, 3.8) is 0 Å². The molecule has 3 rings (SSSR count). The summed E-state index contributed by atoms with van der Waals surface area (Å²) in [5, 5.41) is 13.4. The van der Waals surface area contributed by atoms with Gasteiger partial charge in [0.1, 0.15) is 5.82 Å². The number of aromatic carboxylic acids is 1. The van der Waals surface area contributed by atoms with Gasteiger partial charge in [-0.2, -0.15) is 5.10 Å². The molecule has 5 heteroatoms. The first kappa shape index (κ1) is 11.0. The van der Waals surface area contributed by atoms with Crippen LogP contribution in [0.4, 0.5) is 0 Å². The van der Waals surface area contributed by atoms with Gasteiger partial charge in [-0.25, -0.2) is 14.5 Å². The van der Waals surface area contributed by atoms with E-state index >= 15 is 0 Å². The highest BCUT2D eigenvalue weighted by atomic mass is 16.4. The summed E-state index contributed by atoms with van der Waals surface area (Å²) >= 11 is 0. The first-order valence-corrected chi connectivity index (χ1v) is 6.01. The number of rotatable bonds is 2. The molecule has 1 aliphatic heterocycles. The first-order valence-electron chi connectivity index (χ1n) is 6.01. The number of carboxylic acid groups (broad SMARTS) is 1. The summed E-state index contributed by atoms with van der Waals surface area (Å²) in [5.74, 6) is 0.688. The lowest BCUT2D eigenvalue weighted by Gasteiger charge is -2.09. The minimum atomic E-state index is -0.930. The zero-order valence-electron chi connectivity index (χ0n) is 9.83. The summed E-state index contributed by atoms with van der Waals surface area (Å²) in [6.07, 6.45) is 3.23. The summed E-state index contributed by atoms with van der Waals surface area (Å²) in [6, 6.07) is 6.75. The van der Waals surface area contributed by atoms with E-state index in [1.165, 1.54) is 0 Å². The van der Waals surface area contributed by atoms with Gasteiger partial charge in [-0.1, -0.05) is 12.1 Å². The Hall–Kier alpha value is -2.17. The number of hydrogen-bond acceptors (Lipinski definition) is 3. The molecule has 2 heterocycles. The van der Waals surface area contributed by atoms with Crippen LogP contribution in [0.25, 0.3) is 11.4 Å². The molecule has 1 N–H and O–H groups in total. The highest BCUT2D eigenvalue weighted by Gasteiger charge is 2.15. The Morgan fingerprint density at radius 1 is 1.33 bits per heavy atom. The van der Waals surface area contributed by atoms with Crippen LogP contribution in [0.3, 0.4) is 0 Å². The molecule has 92 valence electrons. The Kier molecular flexibility index (Phi) is 2.59. The molecule has 0 fully saturated rings. The van der Waals surface area contributed by atoms with E-state index in [0.29, 0.717) is 5.82 Å². The lowest BCUT2D eigenvalue weighted by atomic mass is 10.1. The van der Waals surface area contributed by atoms with E-state index < -0.39 is 5.97 Å². The first-order chi connectivity index (χ1) is 8.74. The average molecular weight is 243 g/mol. The summed E-state index contributed by atoms with van der Waals surface area (Å²) in [6.45, 7) is 0.904. The number of aryl methyl sites for hydroxylation is 2. The molecule has 1 aliphatic rings. The van der Waals surface area contributed by atoms with E-state index in [4.69, 9.17) is 5.11 Å². The van der Waals surface area contributed by atoms with E-state index in [0.717, 1.165) is 37.2 Å². The lowest BCUT2D eigenvalue weighted by Crippen LogP contribution is -2.11. The molecule has 0 radical (unpaired) electrons. The highest BCUT2D eigenvalue weighted by Crippen LogP contribution is 2.20. The van der Waals surface area contributed by atoms with Gasteiger partial charge in [-0.15, -0.1) is 0 Å². The number of fused-ring (bicyclic) bond motifs is 1. The fourth-order valence-corrected chi connectivity index (χ4v) is 2.20. The maximum atomic E-state index is 10.9. The van der Waals surface area contributed by atoms with Crippen molar-refractivity contribution in [1.29, 1.82) is 0 Å². The third kappa shape index (κ3) is 1.88. The molecule has 18 heavy (non-hydrogen) atoms. The molecule has 2 aromatic rings. The second-order valence-electron chi connectivity index (χ2n) is 4.42. The van der Waals surface area contributed by atoms with Crippen LogP contribution in [0.1, 0.15) is 29.0 Å². The van der Waals surface area contributed by atoms with Crippen molar-refractivity contribution in [1.82, 2.24) is 14.8 Å². The number of aromatic nitrogens is 3. The van der Waals surface area contributed by atoms with Gasteiger partial charge in [0.05, 0.1) is 5.56 Å². The molecule has 0 bridgehead atoms. The van der Waals surface area contributed by atoms with Gasteiger partial charge in [-0.05, 0) is 25.0 Å². The van der Waals surface area contributed by atoms with E-state index in [2.05, 4.69) is 10.1 Å². The smallest absolute Gasteiger partial charge is 0.335 e. The van der Waals surface area contributed by atoms with E-state index in [1.54, 1.807) is 18.2 Å². The van der Waals surface area contributed by atoms with Gasteiger partial charge in [0.15, 0.2) is 5.82 Å². The van der Waals surface area contributed by atoms with Crippen LogP contribution in [-0.2, 0) is 13.0 Å². The fraction of sp³-hybridized carbons (Fsp3) is 0.308. The monoisotopic (exact) mass is 243 g/mol. The molecule has 0 aliphatic carbocycles. The Balaban J connectivity index is 2.01. The normalized spacial score (nSPS) is 14.2. The van der Waals surface area contributed by atoms with Crippen LogP contribution in [0, 0.1) is 0 Å². The second kappa shape index (κ2) is 4.25. The van der Waals surface area contributed by atoms with E-state index in [1.807, 2.05) is 10.7 Å². The zero-order valence-corrected chi connectivity index (χ0v) is 9.83. The van der Waals surface area contributed by atoms with E-state index in [-0.39, 0.29) is 5.56 Å². The third-order valence-corrected chi connectivity index (χ3v) is 3.14. The number of hydrogen-bond donors (Lipinski definition) is 1. The van der Waals surface area contributed by atoms with Gasteiger partial charge in [-0.3, -0.25) is 0 Å². The molecular weight excluding hydrogens is 230 g/mol. The zero-order chi connectivity index (χ0) is 12.5. The Labute approximate surface area is 104 Å². The van der Waals surface area contributed by atoms with Gasteiger partial charge >= 0.3 is 5.97 Å². The molecule has 0 atom stereocenters. The van der Waals surface area contributed by atoms with Gasteiger partial charge in [0.2, 0.25) is 0 Å².